The van der Waals surface area contributed by atoms with Crippen LogP contribution in [0.2, 0.25) is 0 Å². The van der Waals surface area contributed by atoms with Crippen molar-refractivity contribution in [2.75, 3.05) is 34.8 Å². The Labute approximate surface area is 227 Å². The largest absolute Gasteiger partial charge is 0.481 e. The molecule has 40 heavy (non-hydrogen) atoms. The van der Waals surface area contributed by atoms with Crippen LogP contribution in [0.25, 0.3) is 0 Å². The molecule has 2 aromatic carbocycles. The van der Waals surface area contributed by atoms with Crippen LogP contribution in [0.15, 0.2) is 48.5 Å². The highest BCUT2D eigenvalue weighted by Crippen LogP contribution is 2.33. The Morgan fingerprint density at radius 3 is 2.27 bits per heavy atom. The highest BCUT2D eigenvalue weighted by molar-refractivity contribution is 6.11. The molecule has 14 nitrogen and oxygen atoms in total. The standard InChI is InChI=1S/C26H27N5O9/c1-15(34)27-17-8-6-16(7-9-17)25(39)29-19-11-30(23(36)14-33)20-4-2-3-5-21(20)31(26(19)40)12-22(35)28-18(13-32)10-24(37)38/h2-9,13,18-19,33H,10-12,14H2,1H3,(H,27,34)(H,28,35)(H,29,39)(H,37,38). The molecule has 1 aliphatic rings. The summed E-state index contributed by atoms with van der Waals surface area (Å²) >= 11 is 0. The second-order valence-electron chi connectivity index (χ2n) is 8.77. The fourth-order valence-corrected chi connectivity index (χ4v) is 4.05. The molecule has 2 unspecified atom stereocenters. The number of carboxylic acid groups (broad SMARTS) is 1. The van der Waals surface area contributed by atoms with Gasteiger partial charge in [-0.25, -0.2) is 0 Å². The second kappa shape index (κ2) is 13.1. The van der Waals surface area contributed by atoms with Crippen LogP contribution in [-0.4, -0.2) is 83.8 Å². The van der Waals surface area contributed by atoms with Gasteiger partial charge in [-0.1, -0.05) is 12.1 Å². The van der Waals surface area contributed by atoms with E-state index in [9.17, 15) is 38.7 Å². The molecule has 5 N–H and O–H groups in total. The number of carboxylic acids is 1. The Morgan fingerprint density at radius 2 is 1.70 bits per heavy atom. The maximum Gasteiger partial charge on any atom is 0.305 e. The molecular formula is C26H27N5O9. The SMILES string of the molecule is CC(=O)Nc1ccc(C(=O)NC2CN(C(=O)CO)c3ccccc3N(CC(=O)NC(C=O)CC(=O)O)C2=O)cc1. The summed E-state index contributed by atoms with van der Waals surface area (Å²) in [4.78, 5) is 87.7. The molecule has 3 rings (SSSR count). The lowest BCUT2D eigenvalue weighted by atomic mass is 10.1. The van der Waals surface area contributed by atoms with Crippen molar-refractivity contribution in [3.05, 3.63) is 54.1 Å². The highest BCUT2D eigenvalue weighted by atomic mass is 16.4. The first kappa shape index (κ1) is 29.4. The predicted molar refractivity (Wildman–Crippen MR) is 140 cm³/mol. The zero-order valence-corrected chi connectivity index (χ0v) is 21.3. The average Bonchev–Trinajstić information content (AvgIpc) is 3.02. The third-order valence-electron chi connectivity index (χ3n) is 5.81. The van der Waals surface area contributed by atoms with Crippen molar-refractivity contribution in [2.24, 2.45) is 0 Å². The molecule has 14 heteroatoms. The number of aliphatic hydroxyl groups excluding tert-OH is 1. The molecule has 0 saturated carbocycles. The number of nitrogens with zero attached hydrogens (tertiary/aromatic N) is 2. The Balaban J connectivity index is 1.93. The zero-order valence-electron chi connectivity index (χ0n) is 21.3. The number of hydrogen-bond acceptors (Lipinski definition) is 8. The maximum absolute atomic E-state index is 13.7. The first-order chi connectivity index (χ1) is 19.0. The normalized spacial score (nSPS) is 15.2. The number of carbonyl (C=O) groups is 7. The van der Waals surface area contributed by atoms with Crippen LogP contribution in [0.1, 0.15) is 23.7 Å². The molecule has 1 aliphatic heterocycles. The molecule has 0 aromatic heterocycles. The van der Waals surface area contributed by atoms with Gasteiger partial charge in [0.15, 0.2) is 0 Å². The van der Waals surface area contributed by atoms with Crippen LogP contribution < -0.4 is 25.8 Å². The molecule has 0 radical (unpaired) electrons. The lowest BCUT2D eigenvalue weighted by Gasteiger charge is -2.25. The molecule has 1 heterocycles. The van der Waals surface area contributed by atoms with Crippen LogP contribution in [-0.2, 0) is 28.8 Å². The van der Waals surface area contributed by atoms with Gasteiger partial charge in [-0.3, -0.25) is 33.7 Å². The van der Waals surface area contributed by atoms with Gasteiger partial charge in [-0.05, 0) is 36.4 Å². The zero-order chi connectivity index (χ0) is 29.4. The number of rotatable bonds is 10. The molecule has 0 bridgehead atoms. The molecule has 0 aliphatic carbocycles. The van der Waals surface area contributed by atoms with E-state index in [-0.39, 0.29) is 35.7 Å². The summed E-state index contributed by atoms with van der Waals surface area (Å²) in [5, 5.41) is 25.9. The fourth-order valence-electron chi connectivity index (χ4n) is 4.05. The van der Waals surface area contributed by atoms with Crippen LogP contribution >= 0.6 is 0 Å². The van der Waals surface area contributed by atoms with Gasteiger partial charge in [0, 0.05) is 18.2 Å². The van der Waals surface area contributed by atoms with Gasteiger partial charge in [0.25, 0.3) is 17.7 Å². The van der Waals surface area contributed by atoms with Crippen LogP contribution in [0.3, 0.4) is 0 Å². The number of aliphatic hydroxyl groups is 1. The van der Waals surface area contributed by atoms with Crippen molar-refractivity contribution in [3.8, 4) is 0 Å². The van der Waals surface area contributed by atoms with Crippen molar-refractivity contribution in [2.45, 2.75) is 25.4 Å². The number of benzene rings is 2. The number of hydrogen-bond donors (Lipinski definition) is 5. The molecule has 210 valence electrons. The first-order valence-electron chi connectivity index (χ1n) is 12.0. The molecule has 5 amide bonds. The van der Waals surface area contributed by atoms with Gasteiger partial charge in [0.2, 0.25) is 11.8 Å². The minimum absolute atomic E-state index is 0.113. The van der Waals surface area contributed by atoms with Crippen molar-refractivity contribution in [1.82, 2.24) is 10.6 Å². The lowest BCUT2D eigenvalue weighted by Crippen LogP contribution is -2.55. The molecule has 0 fully saturated rings. The van der Waals surface area contributed by atoms with Gasteiger partial charge >= 0.3 is 5.97 Å². The van der Waals surface area contributed by atoms with Crippen LogP contribution in [0.4, 0.5) is 17.1 Å². The Hall–Kier alpha value is -5.11. The number of para-hydroxylation sites is 2. The minimum atomic E-state index is -1.38. The summed E-state index contributed by atoms with van der Waals surface area (Å²) in [5.41, 5.74) is 0.868. The van der Waals surface area contributed by atoms with E-state index in [1.165, 1.54) is 43.3 Å². The maximum atomic E-state index is 13.7. The monoisotopic (exact) mass is 553 g/mol. The molecule has 0 saturated heterocycles. The van der Waals surface area contributed by atoms with Crippen LogP contribution in [0, 0.1) is 0 Å². The van der Waals surface area contributed by atoms with Crippen molar-refractivity contribution in [3.63, 3.8) is 0 Å². The molecule has 2 aromatic rings. The van der Waals surface area contributed by atoms with E-state index >= 15 is 0 Å². The van der Waals surface area contributed by atoms with Crippen molar-refractivity contribution >= 4 is 58.9 Å². The first-order valence-corrected chi connectivity index (χ1v) is 12.0. The third-order valence-corrected chi connectivity index (χ3v) is 5.81. The van der Waals surface area contributed by atoms with Gasteiger partial charge in [-0.2, -0.15) is 0 Å². The molecular weight excluding hydrogens is 526 g/mol. The van der Waals surface area contributed by atoms with Gasteiger partial charge in [0.1, 0.15) is 25.5 Å². The second-order valence-corrected chi connectivity index (χ2v) is 8.77. The third kappa shape index (κ3) is 7.26. The number of amides is 5. The number of anilines is 3. The summed E-state index contributed by atoms with van der Waals surface area (Å²) in [7, 11) is 0. The minimum Gasteiger partial charge on any atom is -0.481 e. The average molecular weight is 554 g/mol. The van der Waals surface area contributed by atoms with E-state index in [1.54, 1.807) is 12.1 Å². The quantitative estimate of drug-likeness (QED) is 0.235. The fraction of sp³-hybridized carbons (Fsp3) is 0.269. The number of aliphatic carboxylic acids is 1. The Bertz CT molecular complexity index is 1330. The van der Waals surface area contributed by atoms with Gasteiger partial charge in [-0.15, -0.1) is 0 Å². The van der Waals surface area contributed by atoms with E-state index in [0.29, 0.717) is 5.69 Å². The van der Waals surface area contributed by atoms with Crippen molar-refractivity contribution < 1.29 is 43.8 Å². The number of fused-ring (bicyclic) bond motifs is 1. The van der Waals surface area contributed by atoms with E-state index < -0.39 is 61.3 Å². The summed E-state index contributed by atoms with van der Waals surface area (Å²) in [6, 6.07) is 9.16. The van der Waals surface area contributed by atoms with E-state index in [1.807, 2.05) is 0 Å². The lowest BCUT2D eigenvalue weighted by molar-refractivity contribution is -0.139. The number of aldehydes is 1. The van der Waals surface area contributed by atoms with Crippen molar-refractivity contribution in [1.29, 1.82) is 0 Å². The smallest absolute Gasteiger partial charge is 0.305 e. The molecule has 0 spiro atoms. The summed E-state index contributed by atoms with van der Waals surface area (Å²) in [5.74, 6) is -4.72. The van der Waals surface area contributed by atoms with Gasteiger partial charge in [0.05, 0.1) is 30.4 Å². The topological polar surface area (TPSA) is 203 Å². The summed E-state index contributed by atoms with van der Waals surface area (Å²) < 4.78 is 0. The highest BCUT2D eigenvalue weighted by Gasteiger charge is 2.37. The Morgan fingerprint density at radius 1 is 1.05 bits per heavy atom. The number of nitrogens with one attached hydrogen (secondary N) is 3. The van der Waals surface area contributed by atoms with Crippen LogP contribution in [0.5, 0.6) is 0 Å². The van der Waals surface area contributed by atoms with E-state index in [0.717, 1.165) is 9.80 Å². The summed E-state index contributed by atoms with van der Waals surface area (Å²) in [6.45, 7) is -0.616. The predicted octanol–water partition coefficient (Wildman–Crippen LogP) is -0.726. The number of carbonyl (C=O) groups excluding carboxylic acids is 6. The summed E-state index contributed by atoms with van der Waals surface area (Å²) in [6.07, 6.45) is -0.413. The molecule has 2 atom stereocenters. The van der Waals surface area contributed by atoms with Gasteiger partial charge < -0.3 is 35.9 Å². The Kier molecular flexibility index (Phi) is 9.65. The van der Waals surface area contributed by atoms with E-state index in [4.69, 9.17) is 5.11 Å². The van der Waals surface area contributed by atoms with E-state index in [2.05, 4.69) is 16.0 Å².